The lowest BCUT2D eigenvalue weighted by molar-refractivity contribution is -0.130. The first-order valence-corrected chi connectivity index (χ1v) is 12.0. The molecular weight excluding hydrogens is 416 g/mol. The molecule has 0 aromatic heterocycles. The second kappa shape index (κ2) is 9.38. The van der Waals surface area contributed by atoms with Crippen molar-refractivity contribution < 1.29 is 22.7 Å². The number of fused-ring (bicyclic) bond motifs is 2. The highest BCUT2D eigenvalue weighted by Gasteiger charge is 2.43. The van der Waals surface area contributed by atoms with Gasteiger partial charge in [0.25, 0.3) is 0 Å². The minimum Gasteiger partial charge on any atom is -0.487 e. The molecular formula is C23H28N2O5S. The van der Waals surface area contributed by atoms with Crippen LogP contribution in [0.15, 0.2) is 59.5 Å². The molecule has 2 heterocycles. The van der Waals surface area contributed by atoms with E-state index in [9.17, 15) is 13.2 Å². The highest BCUT2D eigenvalue weighted by Crippen LogP contribution is 2.36. The summed E-state index contributed by atoms with van der Waals surface area (Å²) in [5, 5.41) is 0. The van der Waals surface area contributed by atoms with Gasteiger partial charge in [0.05, 0.1) is 19.1 Å². The zero-order valence-electron chi connectivity index (χ0n) is 17.6. The summed E-state index contributed by atoms with van der Waals surface area (Å²) < 4.78 is 39.9. The van der Waals surface area contributed by atoms with Gasteiger partial charge in [-0.1, -0.05) is 42.5 Å². The molecule has 0 aliphatic carbocycles. The van der Waals surface area contributed by atoms with E-state index in [-0.39, 0.29) is 29.5 Å². The molecule has 1 fully saturated rings. The average molecular weight is 445 g/mol. The third-order valence-corrected chi connectivity index (χ3v) is 7.92. The summed E-state index contributed by atoms with van der Waals surface area (Å²) in [6.45, 7) is 1.57. The molecule has 0 bridgehead atoms. The first kappa shape index (κ1) is 21.8. The maximum Gasteiger partial charge on any atom is 0.247 e. The number of rotatable bonds is 5. The fraction of sp³-hybridized carbons (Fsp3) is 0.435. The maximum absolute atomic E-state index is 13.5. The summed E-state index contributed by atoms with van der Waals surface area (Å²) in [5.74, 6) is 0.427. The van der Waals surface area contributed by atoms with Crippen LogP contribution in [-0.2, 0) is 26.0 Å². The van der Waals surface area contributed by atoms with Crippen molar-refractivity contribution in [1.29, 1.82) is 0 Å². The molecule has 2 aliphatic heterocycles. The lowest BCUT2D eigenvalue weighted by atomic mass is 10.1. The van der Waals surface area contributed by atoms with Gasteiger partial charge in [-0.05, 0) is 24.1 Å². The Balaban J connectivity index is 1.58. The van der Waals surface area contributed by atoms with Crippen molar-refractivity contribution in [3.8, 4) is 5.75 Å². The average Bonchev–Trinajstić information content (AvgIpc) is 3.02. The summed E-state index contributed by atoms with van der Waals surface area (Å²) in [6.07, 6.45) is 1.09. The van der Waals surface area contributed by atoms with Gasteiger partial charge in [0.2, 0.25) is 15.9 Å². The van der Waals surface area contributed by atoms with Crippen molar-refractivity contribution in [2.75, 3.05) is 33.4 Å². The standard InChI is InChI=1S/C23H28N2O5S/c1-29-16-15-25-19-11-13-24(23(26)17-18-7-3-2-4-8-18)14-12-20(19)30-21-9-5-6-10-22(21)31(25,27)28/h2-10,19-20H,11-17H2,1H3/t19-,20-/m1/s1. The van der Waals surface area contributed by atoms with Crippen LogP contribution in [0.5, 0.6) is 5.75 Å². The Morgan fingerprint density at radius 1 is 1.06 bits per heavy atom. The second-order valence-corrected chi connectivity index (χ2v) is 9.76. The Morgan fingerprint density at radius 3 is 2.55 bits per heavy atom. The monoisotopic (exact) mass is 444 g/mol. The van der Waals surface area contributed by atoms with E-state index in [1.165, 1.54) is 4.31 Å². The van der Waals surface area contributed by atoms with Gasteiger partial charge in [-0.3, -0.25) is 4.79 Å². The molecule has 0 radical (unpaired) electrons. The van der Waals surface area contributed by atoms with Crippen LogP contribution in [0.25, 0.3) is 0 Å². The molecule has 31 heavy (non-hydrogen) atoms. The van der Waals surface area contributed by atoms with Crippen molar-refractivity contribution in [1.82, 2.24) is 9.21 Å². The topological polar surface area (TPSA) is 76.2 Å². The number of para-hydroxylation sites is 1. The lowest BCUT2D eigenvalue weighted by Crippen LogP contribution is -2.48. The van der Waals surface area contributed by atoms with Gasteiger partial charge >= 0.3 is 0 Å². The Hall–Kier alpha value is -2.42. The molecule has 0 saturated carbocycles. The quantitative estimate of drug-likeness (QED) is 0.708. The Bertz CT molecular complexity index is 1010. The molecule has 2 atom stereocenters. The summed E-state index contributed by atoms with van der Waals surface area (Å²) in [5.41, 5.74) is 0.973. The molecule has 166 valence electrons. The van der Waals surface area contributed by atoms with Crippen molar-refractivity contribution in [2.45, 2.75) is 36.3 Å². The van der Waals surface area contributed by atoms with Gasteiger partial charge in [-0.15, -0.1) is 0 Å². The van der Waals surface area contributed by atoms with E-state index in [0.717, 1.165) is 5.56 Å². The molecule has 4 rings (SSSR count). The SMILES string of the molecule is COCCN1[C@@H]2CCN(C(=O)Cc3ccccc3)CC[C@H]2Oc2ccccc2S1(=O)=O. The second-order valence-electron chi connectivity index (χ2n) is 7.90. The maximum atomic E-state index is 13.5. The minimum atomic E-state index is -3.74. The fourth-order valence-electron chi connectivity index (χ4n) is 4.36. The van der Waals surface area contributed by atoms with E-state index in [0.29, 0.717) is 44.7 Å². The van der Waals surface area contributed by atoms with E-state index in [4.69, 9.17) is 9.47 Å². The Morgan fingerprint density at radius 2 is 1.77 bits per heavy atom. The van der Waals surface area contributed by atoms with Gasteiger partial charge in [0.15, 0.2) is 0 Å². The smallest absolute Gasteiger partial charge is 0.247 e. The number of nitrogens with zero attached hydrogens (tertiary/aromatic N) is 2. The van der Waals surface area contributed by atoms with E-state index in [1.54, 1.807) is 31.4 Å². The number of hydrogen-bond acceptors (Lipinski definition) is 5. The predicted molar refractivity (Wildman–Crippen MR) is 116 cm³/mol. The van der Waals surface area contributed by atoms with Crippen LogP contribution < -0.4 is 4.74 Å². The number of methoxy groups -OCH3 is 1. The molecule has 1 saturated heterocycles. The zero-order valence-corrected chi connectivity index (χ0v) is 18.5. The Kier molecular flexibility index (Phi) is 6.60. The Labute approximate surface area is 183 Å². The lowest BCUT2D eigenvalue weighted by Gasteiger charge is -2.31. The molecule has 8 heteroatoms. The minimum absolute atomic E-state index is 0.0503. The van der Waals surface area contributed by atoms with Crippen molar-refractivity contribution in [2.24, 2.45) is 0 Å². The van der Waals surface area contributed by atoms with Crippen LogP contribution in [0, 0.1) is 0 Å². The summed E-state index contributed by atoms with van der Waals surface area (Å²) in [6, 6.07) is 16.1. The molecule has 2 aliphatic rings. The van der Waals surface area contributed by atoms with Gasteiger partial charge in [0, 0.05) is 33.2 Å². The van der Waals surface area contributed by atoms with Crippen molar-refractivity contribution >= 4 is 15.9 Å². The molecule has 0 spiro atoms. The van der Waals surface area contributed by atoms with Crippen LogP contribution in [0.2, 0.25) is 0 Å². The summed E-state index contributed by atoms with van der Waals surface area (Å²) in [7, 11) is -2.18. The van der Waals surface area contributed by atoms with E-state index in [1.807, 2.05) is 35.2 Å². The highest BCUT2D eigenvalue weighted by molar-refractivity contribution is 7.89. The predicted octanol–water partition coefficient (Wildman–Crippen LogP) is 2.32. The fourth-order valence-corrected chi connectivity index (χ4v) is 6.14. The number of likely N-dealkylation sites (tertiary alicyclic amines) is 1. The molecule has 0 unspecified atom stereocenters. The van der Waals surface area contributed by atoms with Crippen LogP contribution >= 0.6 is 0 Å². The number of carbonyl (C=O) groups is 1. The first-order valence-electron chi connectivity index (χ1n) is 10.6. The number of amides is 1. The third kappa shape index (κ3) is 4.61. The normalized spacial score (nSPS) is 23.1. The van der Waals surface area contributed by atoms with Gasteiger partial charge in [-0.2, -0.15) is 4.31 Å². The number of ether oxygens (including phenoxy) is 2. The van der Waals surface area contributed by atoms with E-state index >= 15 is 0 Å². The number of sulfonamides is 1. The molecule has 2 aromatic carbocycles. The molecule has 2 aromatic rings. The largest absolute Gasteiger partial charge is 0.487 e. The third-order valence-electron chi connectivity index (χ3n) is 5.96. The summed E-state index contributed by atoms with van der Waals surface area (Å²) in [4.78, 5) is 14.9. The van der Waals surface area contributed by atoms with Crippen LogP contribution in [0.3, 0.4) is 0 Å². The molecule has 7 nitrogen and oxygen atoms in total. The highest BCUT2D eigenvalue weighted by atomic mass is 32.2. The van der Waals surface area contributed by atoms with Gasteiger partial charge in [-0.25, -0.2) is 8.42 Å². The van der Waals surface area contributed by atoms with Crippen LogP contribution in [0.1, 0.15) is 18.4 Å². The molecule has 1 amide bonds. The van der Waals surface area contributed by atoms with Crippen LogP contribution in [-0.4, -0.2) is 69.0 Å². The van der Waals surface area contributed by atoms with Crippen LogP contribution in [0.4, 0.5) is 0 Å². The zero-order chi connectivity index (χ0) is 21.8. The first-order chi connectivity index (χ1) is 15.0. The summed E-state index contributed by atoms with van der Waals surface area (Å²) >= 11 is 0. The van der Waals surface area contributed by atoms with Gasteiger partial charge in [0.1, 0.15) is 16.7 Å². The molecule has 0 N–H and O–H groups in total. The van der Waals surface area contributed by atoms with Crippen molar-refractivity contribution in [3.05, 3.63) is 60.2 Å². The van der Waals surface area contributed by atoms with Gasteiger partial charge < -0.3 is 14.4 Å². The van der Waals surface area contributed by atoms with Crippen molar-refractivity contribution in [3.63, 3.8) is 0 Å². The number of carbonyl (C=O) groups excluding carboxylic acids is 1. The number of hydrogen-bond donors (Lipinski definition) is 0. The number of benzene rings is 2. The van der Waals surface area contributed by atoms with E-state index in [2.05, 4.69) is 0 Å². The van der Waals surface area contributed by atoms with E-state index < -0.39 is 10.0 Å².